The fourth-order valence-electron chi connectivity index (χ4n) is 3.41. The van der Waals surface area contributed by atoms with Crippen LogP contribution in [0.3, 0.4) is 0 Å². The normalized spacial score (nSPS) is 24.3. The summed E-state index contributed by atoms with van der Waals surface area (Å²) in [6, 6.07) is 5.84. The molecule has 1 amide bonds. The minimum atomic E-state index is 0.0658. The van der Waals surface area contributed by atoms with Crippen LogP contribution < -0.4 is 5.32 Å². The van der Waals surface area contributed by atoms with E-state index in [9.17, 15) is 9.59 Å². The molecule has 1 saturated heterocycles. The number of amides is 1. The van der Waals surface area contributed by atoms with E-state index in [1.807, 2.05) is 36.9 Å². The van der Waals surface area contributed by atoms with E-state index in [1.54, 1.807) is 0 Å². The molecule has 1 aliphatic carbocycles. The Morgan fingerprint density at radius 3 is 2.74 bits per heavy atom. The van der Waals surface area contributed by atoms with Crippen molar-refractivity contribution in [1.29, 1.82) is 0 Å². The number of anilines is 1. The van der Waals surface area contributed by atoms with Crippen LogP contribution in [0.2, 0.25) is 0 Å². The topological polar surface area (TPSA) is 58.6 Å². The van der Waals surface area contributed by atoms with Crippen LogP contribution in [-0.2, 0) is 16.0 Å². The number of hydrogen-bond acceptors (Lipinski definition) is 4. The number of carbonyl (C=O) groups is 2. The van der Waals surface area contributed by atoms with Crippen LogP contribution >= 0.6 is 0 Å². The number of fused-ring (bicyclic) bond motifs is 1. The van der Waals surface area contributed by atoms with Crippen LogP contribution in [0.25, 0.3) is 0 Å². The molecule has 5 heteroatoms. The van der Waals surface area contributed by atoms with Crippen molar-refractivity contribution < 1.29 is 14.3 Å². The number of morpholine rings is 1. The number of ketones is 1. The van der Waals surface area contributed by atoms with Gasteiger partial charge in [0.1, 0.15) is 0 Å². The van der Waals surface area contributed by atoms with Gasteiger partial charge in [-0.3, -0.25) is 9.59 Å². The quantitative estimate of drug-likeness (QED) is 0.929. The number of aryl methyl sites for hydroxylation is 1. The van der Waals surface area contributed by atoms with Crippen LogP contribution in [0.15, 0.2) is 18.2 Å². The van der Waals surface area contributed by atoms with Gasteiger partial charge < -0.3 is 15.0 Å². The van der Waals surface area contributed by atoms with Crippen molar-refractivity contribution in [2.75, 3.05) is 25.0 Å². The summed E-state index contributed by atoms with van der Waals surface area (Å²) in [6.45, 7) is 5.48. The lowest BCUT2D eigenvalue weighted by molar-refractivity contribution is -0.141. The molecule has 1 N–H and O–H groups in total. The average molecular weight is 316 g/mol. The highest BCUT2D eigenvalue weighted by Crippen LogP contribution is 2.24. The van der Waals surface area contributed by atoms with Gasteiger partial charge in [-0.05, 0) is 44.4 Å². The van der Waals surface area contributed by atoms with Gasteiger partial charge in [0.05, 0.1) is 18.8 Å². The third-order valence-corrected chi connectivity index (χ3v) is 4.48. The fraction of sp³-hybridized carbons (Fsp3) is 0.556. The summed E-state index contributed by atoms with van der Waals surface area (Å²) in [5.74, 6) is 0.271. The largest absolute Gasteiger partial charge is 0.376 e. The Labute approximate surface area is 137 Å². The second-order valence-corrected chi connectivity index (χ2v) is 6.56. The van der Waals surface area contributed by atoms with E-state index in [-0.39, 0.29) is 30.4 Å². The van der Waals surface area contributed by atoms with Crippen LogP contribution in [0.1, 0.15) is 42.6 Å². The van der Waals surface area contributed by atoms with Crippen LogP contribution in [0, 0.1) is 0 Å². The number of ether oxygens (including phenoxy) is 1. The first-order valence-corrected chi connectivity index (χ1v) is 8.36. The van der Waals surface area contributed by atoms with Crippen molar-refractivity contribution in [3.05, 3.63) is 29.3 Å². The average Bonchev–Trinajstić information content (AvgIpc) is 2.52. The van der Waals surface area contributed by atoms with Crippen molar-refractivity contribution in [2.45, 2.75) is 45.3 Å². The molecule has 2 aliphatic rings. The molecule has 5 nitrogen and oxygen atoms in total. The first-order chi connectivity index (χ1) is 11.0. The number of nitrogens with zero attached hydrogens (tertiary/aromatic N) is 1. The smallest absolute Gasteiger partial charge is 0.242 e. The first kappa shape index (κ1) is 16.0. The van der Waals surface area contributed by atoms with Crippen molar-refractivity contribution in [3.63, 3.8) is 0 Å². The zero-order chi connectivity index (χ0) is 16.4. The van der Waals surface area contributed by atoms with E-state index >= 15 is 0 Å². The van der Waals surface area contributed by atoms with E-state index in [0.29, 0.717) is 19.5 Å². The van der Waals surface area contributed by atoms with Gasteiger partial charge >= 0.3 is 0 Å². The van der Waals surface area contributed by atoms with Gasteiger partial charge in [0, 0.05) is 30.8 Å². The fourth-order valence-corrected chi connectivity index (χ4v) is 3.41. The number of benzene rings is 1. The van der Waals surface area contributed by atoms with E-state index in [2.05, 4.69) is 5.32 Å². The molecule has 3 rings (SSSR count). The molecule has 1 aromatic carbocycles. The molecule has 0 radical (unpaired) electrons. The van der Waals surface area contributed by atoms with Crippen LogP contribution in [-0.4, -0.2) is 48.4 Å². The van der Waals surface area contributed by atoms with Gasteiger partial charge in [-0.2, -0.15) is 0 Å². The predicted octanol–water partition coefficient (Wildman–Crippen LogP) is 2.25. The Kier molecular flexibility index (Phi) is 4.66. The summed E-state index contributed by atoms with van der Waals surface area (Å²) < 4.78 is 5.65. The summed E-state index contributed by atoms with van der Waals surface area (Å²) in [7, 11) is 0. The second kappa shape index (κ2) is 6.71. The molecular formula is C18H24N2O3. The lowest BCUT2D eigenvalue weighted by Crippen LogP contribution is -2.49. The van der Waals surface area contributed by atoms with E-state index in [1.165, 1.54) is 0 Å². The molecule has 0 spiro atoms. The first-order valence-electron chi connectivity index (χ1n) is 8.36. The van der Waals surface area contributed by atoms with Crippen LogP contribution in [0.4, 0.5) is 5.69 Å². The molecule has 1 aliphatic heterocycles. The van der Waals surface area contributed by atoms with Gasteiger partial charge in [0.15, 0.2) is 5.78 Å². The molecule has 0 unspecified atom stereocenters. The summed E-state index contributed by atoms with van der Waals surface area (Å²) in [5, 5.41) is 3.16. The van der Waals surface area contributed by atoms with Gasteiger partial charge in [-0.25, -0.2) is 0 Å². The minimum absolute atomic E-state index is 0.0658. The molecule has 0 saturated carbocycles. The van der Waals surface area contributed by atoms with Crippen molar-refractivity contribution in [2.24, 2.45) is 0 Å². The Bertz CT molecular complexity index is 604. The number of carbonyl (C=O) groups excluding carboxylic acids is 2. The number of hydrogen-bond donors (Lipinski definition) is 1. The standard InChI is InChI=1S/C18H24N2O3/c1-12-10-20(11-13(2)23-12)18(22)9-19-15-7-6-14-4-3-5-17(21)16(14)8-15/h6-8,12-13,19H,3-5,9-11H2,1-2H3/t12-,13-/m0/s1. The van der Waals surface area contributed by atoms with Crippen molar-refractivity contribution >= 4 is 17.4 Å². The summed E-state index contributed by atoms with van der Waals surface area (Å²) in [4.78, 5) is 26.2. The van der Waals surface area contributed by atoms with E-state index in [0.717, 1.165) is 29.7 Å². The molecule has 2 atom stereocenters. The zero-order valence-corrected chi connectivity index (χ0v) is 13.8. The molecule has 1 fully saturated rings. The summed E-state index contributed by atoms with van der Waals surface area (Å²) in [6.07, 6.45) is 2.67. The Morgan fingerprint density at radius 2 is 2.00 bits per heavy atom. The molecule has 124 valence electrons. The Balaban J connectivity index is 1.61. The lowest BCUT2D eigenvalue weighted by Gasteiger charge is -2.35. The van der Waals surface area contributed by atoms with Gasteiger partial charge in [-0.15, -0.1) is 0 Å². The van der Waals surface area contributed by atoms with Crippen LogP contribution in [0.5, 0.6) is 0 Å². The molecule has 23 heavy (non-hydrogen) atoms. The Morgan fingerprint density at radius 1 is 1.26 bits per heavy atom. The Hall–Kier alpha value is -1.88. The van der Waals surface area contributed by atoms with E-state index < -0.39 is 0 Å². The lowest BCUT2D eigenvalue weighted by atomic mass is 9.90. The van der Waals surface area contributed by atoms with Crippen molar-refractivity contribution in [1.82, 2.24) is 4.90 Å². The third-order valence-electron chi connectivity index (χ3n) is 4.48. The highest BCUT2D eigenvalue weighted by Gasteiger charge is 2.25. The summed E-state index contributed by atoms with van der Waals surface area (Å²) in [5.41, 5.74) is 2.76. The van der Waals surface area contributed by atoms with Gasteiger partial charge in [0.25, 0.3) is 0 Å². The van der Waals surface area contributed by atoms with Gasteiger partial charge in [-0.1, -0.05) is 6.07 Å². The minimum Gasteiger partial charge on any atom is -0.376 e. The molecule has 1 heterocycles. The van der Waals surface area contributed by atoms with Gasteiger partial charge in [0.2, 0.25) is 5.91 Å². The third kappa shape index (κ3) is 3.72. The second-order valence-electron chi connectivity index (χ2n) is 6.56. The monoisotopic (exact) mass is 316 g/mol. The molecule has 0 aromatic heterocycles. The predicted molar refractivity (Wildman–Crippen MR) is 88.8 cm³/mol. The number of rotatable bonds is 3. The van der Waals surface area contributed by atoms with E-state index in [4.69, 9.17) is 4.74 Å². The molecular weight excluding hydrogens is 292 g/mol. The molecule has 1 aromatic rings. The van der Waals surface area contributed by atoms with Crippen molar-refractivity contribution in [3.8, 4) is 0 Å². The number of nitrogens with one attached hydrogen (secondary N) is 1. The maximum atomic E-state index is 12.4. The maximum Gasteiger partial charge on any atom is 0.242 e. The highest BCUT2D eigenvalue weighted by molar-refractivity contribution is 5.99. The zero-order valence-electron chi connectivity index (χ0n) is 13.8. The SMILES string of the molecule is C[C@H]1CN(C(=O)CNc2ccc3c(c2)C(=O)CCC3)C[C@H](C)O1. The highest BCUT2D eigenvalue weighted by atomic mass is 16.5. The summed E-state index contributed by atoms with van der Waals surface area (Å²) >= 11 is 0. The maximum absolute atomic E-state index is 12.4. The molecule has 0 bridgehead atoms. The number of Topliss-reactive ketones (excluding diaryl/α,β-unsaturated/α-hetero) is 1.